The highest BCUT2D eigenvalue weighted by atomic mass is 19.4. The molecule has 2 atom stereocenters. The minimum Gasteiger partial charge on any atom is -0.492 e. The number of hydrogen-bond donors (Lipinski definition) is 1. The van der Waals surface area contributed by atoms with Crippen LogP contribution in [0, 0.1) is 0 Å². The van der Waals surface area contributed by atoms with Crippen LogP contribution in [0.15, 0.2) is 24.5 Å². The first-order chi connectivity index (χ1) is 21.4. The molecule has 1 N–H and O–H groups in total. The fourth-order valence-corrected chi connectivity index (χ4v) is 5.75. The minimum absolute atomic E-state index is 0.000705. The predicted molar refractivity (Wildman–Crippen MR) is 159 cm³/mol. The molecule has 0 radical (unpaired) electrons. The van der Waals surface area contributed by atoms with Crippen molar-refractivity contribution in [3.8, 4) is 17.1 Å². The summed E-state index contributed by atoms with van der Waals surface area (Å²) in [6.07, 6.45) is 0.564. The van der Waals surface area contributed by atoms with Crippen LogP contribution in [0.2, 0.25) is 0 Å². The number of pyridine rings is 1. The number of rotatable bonds is 6. The van der Waals surface area contributed by atoms with Crippen molar-refractivity contribution in [2.45, 2.75) is 83.8 Å². The van der Waals surface area contributed by atoms with Crippen LogP contribution < -0.4 is 10.1 Å². The molecule has 1 unspecified atom stereocenters. The Morgan fingerprint density at radius 2 is 1.93 bits per heavy atom. The summed E-state index contributed by atoms with van der Waals surface area (Å²) in [6.45, 7) is 9.02. The molecule has 1 amide bonds. The second-order valence-electron chi connectivity index (χ2n) is 12.3. The first-order valence-electron chi connectivity index (χ1n) is 15.3. The Hall–Kier alpha value is -4.14. The third-order valence-corrected chi connectivity index (χ3v) is 7.71. The SMILES string of the molecule is CCOc1ccc2c3c(-c4nc(N[C@H]5CCCN(C(=O)OC(C)(C)C)C5)ncc4C(F)(F)F)nn(C4CCCCO4)c3nn2c1. The highest BCUT2D eigenvalue weighted by molar-refractivity contribution is 6.03. The Labute approximate surface area is 257 Å². The van der Waals surface area contributed by atoms with Crippen LogP contribution in [0.25, 0.3) is 27.9 Å². The Bertz CT molecular complexity index is 1690. The van der Waals surface area contributed by atoms with E-state index in [1.54, 1.807) is 53.2 Å². The Balaban J connectivity index is 1.42. The molecular weight excluding hydrogens is 593 g/mol. The van der Waals surface area contributed by atoms with Crippen molar-refractivity contribution in [2.24, 2.45) is 0 Å². The lowest BCUT2D eigenvalue weighted by Gasteiger charge is -2.34. The van der Waals surface area contributed by atoms with Gasteiger partial charge in [0.15, 0.2) is 11.9 Å². The number of halogens is 3. The van der Waals surface area contributed by atoms with Crippen molar-refractivity contribution in [3.63, 3.8) is 0 Å². The molecule has 2 aliphatic heterocycles. The van der Waals surface area contributed by atoms with Crippen molar-refractivity contribution in [2.75, 3.05) is 31.6 Å². The molecule has 0 aliphatic carbocycles. The minimum atomic E-state index is -4.76. The van der Waals surface area contributed by atoms with E-state index in [2.05, 4.69) is 20.4 Å². The molecule has 0 spiro atoms. The van der Waals surface area contributed by atoms with Gasteiger partial charge >= 0.3 is 12.3 Å². The number of alkyl halides is 3. The topological polar surface area (TPSA) is 121 Å². The van der Waals surface area contributed by atoms with Gasteiger partial charge in [0.25, 0.3) is 0 Å². The van der Waals surface area contributed by atoms with Gasteiger partial charge in [0.1, 0.15) is 28.3 Å². The summed E-state index contributed by atoms with van der Waals surface area (Å²) in [5.74, 6) is 0.573. The highest BCUT2D eigenvalue weighted by Crippen LogP contribution is 2.41. The Kier molecular flexibility index (Phi) is 8.22. The highest BCUT2D eigenvalue weighted by Gasteiger charge is 2.38. The fourth-order valence-electron chi connectivity index (χ4n) is 5.75. The summed E-state index contributed by atoms with van der Waals surface area (Å²) in [5, 5.41) is 13.0. The van der Waals surface area contributed by atoms with Crippen LogP contribution >= 0.6 is 0 Å². The number of hydrogen-bond acceptors (Lipinski definition) is 9. The van der Waals surface area contributed by atoms with E-state index in [4.69, 9.17) is 19.3 Å². The molecule has 2 saturated heterocycles. The van der Waals surface area contributed by atoms with E-state index >= 15 is 0 Å². The zero-order valence-corrected chi connectivity index (χ0v) is 25.7. The van der Waals surface area contributed by atoms with Crippen LogP contribution in [0.3, 0.4) is 0 Å². The number of amides is 1. The van der Waals surface area contributed by atoms with E-state index in [1.807, 2.05) is 6.92 Å². The van der Waals surface area contributed by atoms with Gasteiger partial charge in [0.05, 0.1) is 23.7 Å². The van der Waals surface area contributed by atoms with Gasteiger partial charge in [0.2, 0.25) is 5.95 Å². The Morgan fingerprint density at radius 3 is 2.64 bits per heavy atom. The van der Waals surface area contributed by atoms with E-state index in [0.29, 0.717) is 67.9 Å². The smallest absolute Gasteiger partial charge is 0.420 e. The summed E-state index contributed by atoms with van der Waals surface area (Å²) in [4.78, 5) is 22.7. The number of carbonyl (C=O) groups is 1. The lowest BCUT2D eigenvalue weighted by molar-refractivity contribution is -0.137. The molecule has 4 aromatic heterocycles. The number of carbonyl (C=O) groups excluding carboxylic acids is 1. The van der Waals surface area contributed by atoms with Crippen LogP contribution in [-0.4, -0.2) is 78.3 Å². The van der Waals surface area contributed by atoms with Crippen molar-refractivity contribution >= 4 is 28.6 Å². The van der Waals surface area contributed by atoms with Crippen LogP contribution in [0.1, 0.15) is 71.6 Å². The number of piperidine rings is 1. The van der Waals surface area contributed by atoms with Gasteiger partial charge in [-0.1, -0.05) is 0 Å². The second-order valence-corrected chi connectivity index (χ2v) is 12.3. The maximum absolute atomic E-state index is 14.5. The van der Waals surface area contributed by atoms with E-state index < -0.39 is 29.7 Å². The normalized spacial score (nSPS) is 19.7. The van der Waals surface area contributed by atoms with Crippen LogP contribution in [0.4, 0.5) is 23.9 Å². The van der Waals surface area contributed by atoms with Crippen molar-refractivity contribution in [3.05, 3.63) is 30.1 Å². The van der Waals surface area contributed by atoms with Crippen LogP contribution in [0.5, 0.6) is 5.75 Å². The van der Waals surface area contributed by atoms with E-state index in [0.717, 1.165) is 19.0 Å². The van der Waals surface area contributed by atoms with Crippen molar-refractivity contribution in [1.29, 1.82) is 0 Å². The van der Waals surface area contributed by atoms with Gasteiger partial charge in [-0.2, -0.15) is 18.3 Å². The van der Waals surface area contributed by atoms with Crippen LogP contribution in [-0.2, 0) is 15.7 Å². The maximum Gasteiger partial charge on any atom is 0.420 e. The summed E-state index contributed by atoms with van der Waals surface area (Å²) in [5.41, 5.74) is -1.09. The molecule has 0 aromatic carbocycles. The van der Waals surface area contributed by atoms with Crippen molar-refractivity contribution in [1.82, 2.24) is 34.3 Å². The van der Waals surface area contributed by atoms with E-state index in [9.17, 15) is 18.0 Å². The molecule has 6 rings (SSSR count). The molecule has 2 fully saturated rings. The number of anilines is 1. The first kappa shape index (κ1) is 30.9. The summed E-state index contributed by atoms with van der Waals surface area (Å²) >= 11 is 0. The molecule has 6 heterocycles. The van der Waals surface area contributed by atoms with E-state index in [1.165, 1.54) is 0 Å². The standard InChI is InChI=1S/C30H37F3N8O4/c1-5-43-19-11-12-21-23-25(37-41(22-10-6-7-14-44-22)26(23)38-40(21)17-19)24-20(30(31,32)33)15-34-27(36-24)35-18-9-8-13-39(16-18)28(42)45-29(2,3)4/h11-12,15,17-18,22H,5-10,13-14,16H2,1-4H3,(H,34,35,36)/t18-,22?/m0/s1. The zero-order valence-electron chi connectivity index (χ0n) is 25.7. The fraction of sp³-hybridized carbons (Fsp3) is 0.567. The first-order valence-corrected chi connectivity index (χ1v) is 15.3. The predicted octanol–water partition coefficient (Wildman–Crippen LogP) is 6.07. The largest absolute Gasteiger partial charge is 0.492 e. The average molecular weight is 631 g/mol. The molecule has 4 aromatic rings. The van der Waals surface area contributed by atoms with E-state index in [-0.39, 0.29) is 23.4 Å². The number of fused-ring (bicyclic) bond motifs is 3. The monoisotopic (exact) mass is 630 g/mol. The molecule has 12 nitrogen and oxygen atoms in total. The van der Waals surface area contributed by atoms with Gasteiger partial charge in [-0.05, 0) is 71.9 Å². The molecule has 2 aliphatic rings. The summed E-state index contributed by atoms with van der Waals surface area (Å²) in [6, 6.07) is 3.20. The molecule has 0 saturated carbocycles. The van der Waals surface area contributed by atoms with Crippen molar-refractivity contribution < 1.29 is 32.2 Å². The molecule has 45 heavy (non-hydrogen) atoms. The maximum atomic E-state index is 14.5. The Morgan fingerprint density at radius 1 is 1.11 bits per heavy atom. The molecular formula is C30H37F3N8O4. The third-order valence-electron chi connectivity index (χ3n) is 7.71. The number of likely N-dealkylation sites (tertiary alicyclic amines) is 1. The number of nitrogens with one attached hydrogen (secondary N) is 1. The molecule has 0 bridgehead atoms. The van der Waals surface area contributed by atoms with Gasteiger partial charge in [0, 0.05) is 31.9 Å². The average Bonchev–Trinajstić information content (AvgIpc) is 3.53. The number of ether oxygens (including phenoxy) is 3. The van der Waals surface area contributed by atoms with Gasteiger partial charge in [-0.3, -0.25) is 0 Å². The molecule has 242 valence electrons. The van der Waals surface area contributed by atoms with Gasteiger partial charge in [-0.25, -0.2) is 24.0 Å². The quantitative estimate of drug-likeness (QED) is 0.271. The third kappa shape index (κ3) is 6.49. The number of aromatic nitrogens is 6. The molecule has 15 heteroatoms. The summed E-state index contributed by atoms with van der Waals surface area (Å²) in [7, 11) is 0. The lowest BCUT2D eigenvalue weighted by Crippen LogP contribution is -2.47. The second kappa shape index (κ2) is 12.0. The van der Waals surface area contributed by atoms with Gasteiger partial charge < -0.3 is 24.4 Å². The lowest BCUT2D eigenvalue weighted by atomic mass is 10.1. The van der Waals surface area contributed by atoms with Gasteiger partial charge in [-0.15, -0.1) is 5.10 Å². The number of nitrogens with zero attached hydrogens (tertiary/aromatic N) is 7. The summed E-state index contributed by atoms with van der Waals surface area (Å²) < 4.78 is 63.7. The zero-order chi connectivity index (χ0) is 31.9.